The molecule has 0 N–H and O–H groups in total. The highest BCUT2D eigenvalue weighted by atomic mass is 15.3. The molecule has 0 radical (unpaired) electrons. The minimum absolute atomic E-state index is 0. The Morgan fingerprint density at radius 1 is 0.889 bits per heavy atom. The third kappa shape index (κ3) is 6.18. The van der Waals surface area contributed by atoms with Gasteiger partial charge in [0.05, 0.1) is 6.33 Å². The Morgan fingerprint density at radius 2 is 1.56 bits per heavy atom. The molecule has 0 aromatic carbocycles. The molecule has 5 heteroatoms. The maximum atomic E-state index is 3.92. The van der Waals surface area contributed by atoms with E-state index in [0.29, 0.717) is 12.1 Å². The summed E-state index contributed by atoms with van der Waals surface area (Å²) in [4.78, 5) is 7.70. The molecule has 2 aromatic heterocycles. The van der Waals surface area contributed by atoms with Gasteiger partial charge in [0.1, 0.15) is 12.7 Å². The quantitative estimate of drug-likeness (QED) is 0.821. The summed E-state index contributed by atoms with van der Waals surface area (Å²) in [5.74, 6) is 0. The van der Waals surface area contributed by atoms with Gasteiger partial charge in [0.15, 0.2) is 0 Å². The Labute approximate surface area is 111 Å². The summed E-state index contributed by atoms with van der Waals surface area (Å²) in [5, 5.41) is 3.92. The summed E-state index contributed by atoms with van der Waals surface area (Å²) >= 11 is 0. The highest BCUT2D eigenvalue weighted by molar-refractivity contribution is 4.76. The van der Waals surface area contributed by atoms with Crippen LogP contribution in [0.25, 0.3) is 0 Å². The van der Waals surface area contributed by atoms with Crippen molar-refractivity contribution >= 4 is 0 Å². The SMILES string of the molecule is C.C.CC(C)n1ccnc1.CC(C)n1cncn1. The molecule has 0 spiro atoms. The highest BCUT2D eigenvalue weighted by Crippen LogP contribution is 1.99. The second kappa shape index (κ2) is 9.39. The normalized spacial score (nSPS) is 9.22. The van der Waals surface area contributed by atoms with Crippen LogP contribution in [-0.2, 0) is 0 Å². The molecule has 0 aliphatic heterocycles. The first kappa shape index (κ1) is 18.7. The monoisotopic (exact) mass is 253 g/mol. The third-order valence-electron chi connectivity index (χ3n) is 2.09. The summed E-state index contributed by atoms with van der Waals surface area (Å²) < 4.78 is 3.86. The van der Waals surface area contributed by atoms with Gasteiger partial charge in [-0.05, 0) is 27.7 Å². The topological polar surface area (TPSA) is 48.5 Å². The van der Waals surface area contributed by atoms with Crippen LogP contribution in [0.1, 0.15) is 54.6 Å². The van der Waals surface area contributed by atoms with E-state index in [1.807, 2.05) is 12.5 Å². The Morgan fingerprint density at radius 3 is 1.78 bits per heavy atom. The van der Waals surface area contributed by atoms with Gasteiger partial charge in [-0.25, -0.2) is 9.97 Å². The molecular formula is C13H27N5. The van der Waals surface area contributed by atoms with Gasteiger partial charge >= 0.3 is 0 Å². The maximum absolute atomic E-state index is 3.92. The molecule has 104 valence electrons. The number of hydrogen-bond donors (Lipinski definition) is 0. The molecule has 5 nitrogen and oxygen atoms in total. The van der Waals surface area contributed by atoms with Gasteiger partial charge in [0, 0.05) is 24.5 Å². The Balaban J connectivity index is 0. The molecule has 0 atom stereocenters. The van der Waals surface area contributed by atoms with E-state index < -0.39 is 0 Å². The zero-order valence-corrected chi connectivity index (χ0v) is 10.3. The van der Waals surface area contributed by atoms with Crippen LogP contribution in [0, 0.1) is 0 Å². The van der Waals surface area contributed by atoms with Crippen molar-refractivity contribution in [1.82, 2.24) is 24.3 Å². The van der Waals surface area contributed by atoms with Crippen LogP contribution in [0.4, 0.5) is 0 Å². The lowest BCUT2D eigenvalue weighted by Crippen LogP contribution is -1.99. The first-order valence-electron chi connectivity index (χ1n) is 5.42. The molecule has 2 aromatic rings. The molecule has 2 heterocycles. The van der Waals surface area contributed by atoms with Crippen LogP contribution in [0.15, 0.2) is 31.4 Å². The van der Waals surface area contributed by atoms with Crippen molar-refractivity contribution in [3.63, 3.8) is 0 Å². The molecular weight excluding hydrogens is 226 g/mol. The van der Waals surface area contributed by atoms with Crippen molar-refractivity contribution in [2.45, 2.75) is 54.6 Å². The Hall–Kier alpha value is -1.65. The van der Waals surface area contributed by atoms with Gasteiger partial charge < -0.3 is 4.57 Å². The summed E-state index contributed by atoms with van der Waals surface area (Å²) in [5.41, 5.74) is 0. The van der Waals surface area contributed by atoms with E-state index in [0.717, 1.165) is 0 Å². The first-order chi connectivity index (χ1) is 7.61. The molecule has 0 unspecified atom stereocenters. The Kier molecular flexibility index (Phi) is 9.76. The minimum Gasteiger partial charge on any atom is -0.335 e. The summed E-state index contributed by atoms with van der Waals surface area (Å²) in [7, 11) is 0. The predicted octanol–water partition coefficient (Wildman–Crippen LogP) is 3.60. The first-order valence-corrected chi connectivity index (χ1v) is 5.42. The average molecular weight is 253 g/mol. The van der Waals surface area contributed by atoms with Crippen molar-refractivity contribution in [1.29, 1.82) is 0 Å². The third-order valence-corrected chi connectivity index (χ3v) is 2.09. The van der Waals surface area contributed by atoms with Crippen molar-refractivity contribution in [2.75, 3.05) is 0 Å². The smallest absolute Gasteiger partial charge is 0.137 e. The molecule has 0 amide bonds. The summed E-state index contributed by atoms with van der Waals surface area (Å²) in [6.45, 7) is 8.38. The molecule has 0 saturated carbocycles. The fourth-order valence-corrected chi connectivity index (χ4v) is 1.06. The fourth-order valence-electron chi connectivity index (χ4n) is 1.06. The number of aromatic nitrogens is 5. The molecule has 0 fully saturated rings. The summed E-state index contributed by atoms with van der Waals surface area (Å²) in [6.07, 6.45) is 8.83. The molecule has 2 rings (SSSR count). The fraction of sp³-hybridized carbons (Fsp3) is 0.615. The molecule has 0 aliphatic rings. The van der Waals surface area contributed by atoms with E-state index in [-0.39, 0.29) is 14.9 Å². The van der Waals surface area contributed by atoms with Crippen molar-refractivity contribution in [3.8, 4) is 0 Å². The van der Waals surface area contributed by atoms with Crippen LogP contribution < -0.4 is 0 Å². The second-order valence-corrected chi connectivity index (χ2v) is 4.07. The number of nitrogens with zero attached hydrogens (tertiary/aromatic N) is 5. The van der Waals surface area contributed by atoms with E-state index in [2.05, 4.69) is 47.3 Å². The molecule has 0 saturated heterocycles. The van der Waals surface area contributed by atoms with Gasteiger partial charge in [-0.3, -0.25) is 4.68 Å². The van der Waals surface area contributed by atoms with Gasteiger partial charge in [-0.2, -0.15) is 5.10 Å². The van der Waals surface area contributed by atoms with Gasteiger partial charge in [-0.1, -0.05) is 14.9 Å². The number of hydrogen-bond acceptors (Lipinski definition) is 3. The van der Waals surface area contributed by atoms with Gasteiger partial charge in [0.2, 0.25) is 0 Å². The zero-order chi connectivity index (χ0) is 12.0. The number of rotatable bonds is 2. The molecule has 0 bridgehead atoms. The van der Waals surface area contributed by atoms with E-state index in [1.165, 1.54) is 0 Å². The van der Waals surface area contributed by atoms with Crippen molar-refractivity contribution < 1.29 is 0 Å². The van der Waals surface area contributed by atoms with Crippen LogP contribution in [-0.4, -0.2) is 24.3 Å². The van der Waals surface area contributed by atoms with E-state index >= 15 is 0 Å². The van der Waals surface area contributed by atoms with Crippen LogP contribution in [0.3, 0.4) is 0 Å². The number of imidazole rings is 1. The van der Waals surface area contributed by atoms with E-state index in [4.69, 9.17) is 0 Å². The van der Waals surface area contributed by atoms with E-state index in [9.17, 15) is 0 Å². The maximum Gasteiger partial charge on any atom is 0.137 e. The molecule has 0 aliphatic carbocycles. The lowest BCUT2D eigenvalue weighted by atomic mass is 10.4. The van der Waals surface area contributed by atoms with Crippen molar-refractivity contribution in [3.05, 3.63) is 31.4 Å². The predicted molar refractivity (Wildman–Crippen MR) is 76.5 cm³/mol. The van der Waals surface area contributed by atoms with Crippen LogP contribution in [0.2, 0.25) is 0 Å². The Bertz CT molecular complexity index is 324. The minimum atomic E-state index is 0. The second-order valence-electron chi connectivity index (χ2n) is 4.07. The van der Waals surface area contributed by atoms with Gasteiger partial charge in [0.25, 0.3) is 0 Å². The van der Waals surface area contributed by atoms with Crippen molar-refractivity contribution in [2.24, 2.45) is 0 Å². The molecule has 18 heavy (non-hydrogen) atoms. The average Bonchev–Trinajstić information content (AvgIpc) is 2.93. The van der Waals surface area contributed by atoms with Crippen LogP contribution in [0.5, 0.6) is 0 Å². The lowest BCUT2D eigenvalue weighted by molar-refractivity contribution is 0.531. The standard InChI is InChI=1S/C6H10N2.C5H9N3.2CH4/c1-6(2)8-4-3-7-5-8;1-5(2)8-4-6-3-7-8;;/h3-6H,1-2H3;3-5H,1-2H3;2*1H4. The van der Waals surface area contributed by atoms with Crippen LogP contribution >= 0.6 is 0 Å². The zero-order valence-electron chi connectivity index (χ0n) is 10.3. The van der Waals surface area contributed by atoms with Gasteiger partial charge in [-0.15, -0.1) is 0 Å². The largest absolute Gasteiger partial charge is 0.335 e. The lowest BCUT2D eigenvalue weighted by Gasteiger charge is -2.02. The highest BCUT2D eigenvalue weighted by Gasteiger charge is 1.92. The van der Waals surface area contributed by atoms with E-state index in [1.54, 1.807) is 23.5 Å². The summed E-state index contributed by atoms with van der Waals surface area (Å²) in [6, 6.07) is 0.968.